The third-order valence-corrected chi connectivity index (χ3v) is 6.98. The highest BCUT2D eigenvalue weighted by Gasteiger charge is 2.29. The highest BCUT2D eigenvalue weighted by molar-refractivity contribution is 7.86. The Morgan fingerprint density at radius 1 is 0.714 bits per heavy atom. The number of hydrogen-bond donors (Lipinski definition) is 2. The molecule has 0 rings (SSSR count). The van der Waals surface area contributed by atoms with Crippen LogP contribution in [0.2, 0.25) is 0 Å². The number of esters is 1. The Bertz CT molecular complexity index is 1980. The monoisotopic (exact) mass is 670 g/mol. The summed E-state index contributed by atoms with van der Waals surface area (Å²) in [6.45, 7) is 8.62. The predicted octanol–water partition coefficient (Wildman–Crippen LogP) is 2.58. The van der Waals surface area contributed by atoms with E-state index in [4.69, 9.17) is 16.2 Å². The van der Waals surface area contributed by atoms with Crippen LogP contribution in [0.15, 0.2) is 10.4 Å². The number of methoxy groups -OCH3 is 1. The van der Waals surface area contributed by atoms with Gasteiger partial charge in [-0.3, -0.25) is 4.79 Å². The molecule has 0 amide bonds. The molecular weight excluding hydrogens is 637 g/mol. The fourth-order valence-corrected chi connectivity index (χ4v) is 4.85. The normalized spacial score (nSPS) is 11.0. The van der Waals surface area contributed by atoms with Gasteiger partial charge in [0.2, 0.25) is 0 Å². The molecule has 246 valence electrons. The third kappa shape index (κ3) is 25.7. The number of ether oxygens (including phenoxy) is 1. The molecule has 4 atom stereocenters. The minimum absolute atomic E-state index is 0.0986. The molecule has 0 aliphatic rings. The SMILES string of the molecule is CC#CC#CC#CC#CC#CC#CC#CC#CC#CC#CC#CN=NOS(=O)(=O)C[C@H](C)CC(CC([CH]N)CC([CH]N)CCC)C(=O)OC. The van der Waals surface area contributed by atoms with Crippen molar-refractivity contribution in [2.75, 3.05) is 12.9 Å². The van der Waals surface area contributed by atoms with Crippen molar-refractivity contribution in [2.45, 2.75) is 52.9 Å². The number of hydrogen-bond acceptors (Lipinski definition) is 9. The van der Waals surface area contributed by atoms with Crippen LogP contribution < -0.4 is 11.5 Å². The topological polar surface area (TPSA) is 146 Å². The standard InChI is InChI=1S/C39H34N4O5S/c1-5-7-8-9-10-11-12-13-14-15-16-17-18-19-20-21-22-23-24-25-26-28-42-43-48-49(45,46)34-35(3)29-38(39(44)47-4)31-37(33-41)30-36(32-40)27-6-2/h32-33,35-38H,6,27,29-31,34,40-41H2,1-4H3/t35-,36?,37?,38?/m1/s1. The first kappa shape index (κ1) is 42.9. The molecule has 0 aromatic heterocycles. The Labute approximate surface area is 292 Å². The molecule has 0 saturated heterocycles. The van der Waals surface area contributed by atoms with Crippen molar-refractivity contribution in [2.24, 2.45) is 45.5 Å². The fourth-order valence-electron chi connectivity index (χ4n) is 3.82. The van der Waals surface area contributed by atoms with Crippen LogP contribution in [0, 0.1) is 167 Å². The van der Waals surface area contributed by atoms with Crippen LogP contribution in [0.5, 0.6) is 0 Å². The van der Waals surface area contributed by atoms with Gasteiger partial charge < -0.3 is 16.2 Å². The van der Waals surface area contributed by atoms with E-state index in [2.05, 4.69) is 152 Å². The summed E-state index contributed by atoms with van der Waals surface area (Å²) < 4.78 is 34.2. The molecule has 0 heterocycles. The Kier molecular flexibility index (Phi) is 25.7. The summed E-state index contributed by atoms with van der Waals surface area (Å²) in [7, 11) is -2.81. The number of carbonyl (C=O) groups excluding carboxylic acids is 1. The zero-order valence-corrected chi connectivity index (χ0v) is 28.5. The summed E-state index contributed by atoms with van der Waals surface area (Å²) >= 11 is 0. The quantitative estimate of drug-likeness (QED) is 0.118. The van der Waals surface area contributed by atoms with Gasteiger partial charge in [0, 0.05) is 84.1 Å². The number of rotatable bonds is 15. The Morgan fingerprint density at radius 2 is 1.16 bits per heavy atom. The largest absolute Gasteiger partial charge is 0.469 e. The molecule has 0 aromatic rings. The van der Waals surface area contributed by atoms with Gasteiger partial charge in [-0.15, -0.1) is 0 Å². The summed E-state index contributed by atoms with van der Waals surface area (Å²) in [5.41, 5.74) is 11.6. The van der Waals surface area contributed by atoms with Crippen molar-refractivity contribution in [3.8, 4) is 130 Å². The molecule has 2 radical (unpaired) electrons. The number of nitrogens with two attached hydrogens (primary N) is 2. The van der Waals surface area contributed by atoms with Gasteiger partial charge in [-0.05, 0) is 97.7 Å². The van der Waals surface area contributed by atoms with Crippen LogP contribution in [0.4, 0.5) is 0 Å². The molecule has 0 spiro atoms. The Hall–Kier alpha value is -6.10. The van der Waals surface area contributed by atoms with Crippen LogP contribution in [-0.4, -0.2) is 27.2 Å². The minimum atomic E-state index is -4.10. The van der Waals surface area contributed by atoms with Crippen LogP contribution in [0.1, 0.15) is 52.9 Å². The molecule has 0 fully saturated rings. The highest BCUT2D eigenvalue weighted by Crippen LogP contribution is 2.29. The minimum Gasteiger partial charge on any atom is -0.469 e. The number of nitrogens with zero attached hydrogens (tertiary/aromatic N) is 2. The summed E-state index contributed by atoms with van der Waals surface area (Å²) in [6.07, 6.45) is 3.18. The van der Waals surface area contributed by atoms with E-state index in [1.54, 1.807) is 26.9 Å². The third-order valence-electron chi connectivity index (χ3n) is 5.71. The fraction of sp³-hybridized carbons (Fsp3) is 0.359. The van der Waals surface area contributed by atoms with Crippen molar-refractivity contribution in [3.63, 3.8) is 0 Å². The molecule has 0 aliphatic heterocycles. The molecule has 0 aromatic carbocycles. The maximum Gasteiger partial charge on any atom is 0.330 e. The number of carbonyl (C=O) groups is 1. The second kappa shape index (κ2) is 29.3. The zero-order chi connectivity index (χ0) is 36.4. The van der Waals surface area contributed by atoms with Gasteiger partial charge in [-0.1, -0.05) is 31.3 Å². The van der Waals surface area contributed by atoms with E-state index >= 15 is 0 Å². The molecule has 3 unspecified atom stereocenters. The van der Waals surface area contributed by atoms with Crippen molar-refractivity contribution in [1.82, 2.24) is 0 Å². The lowest BCUT2D eigenvalue weighted by Gasteiger charge is -2.25. The average Bonchev–Trinajstić information content (AvgIpc) is 3.08. The summed E-state index contributed by atoms with van der Waals surface area (Å²) in [5, 5.41) is 6.43. The van der Waals surface area contributed by atoms with Gasteiger partial charge in [0.15, 0.2) is 0 Å². The first-order chi connectivity index (χ1) is 23.7. The van der Waals surface area contributed by atoms with Crippen molar-refractivity contribution < 1.29 is 22.2 Å². The summed E-state index contributed by atoms with van der Waals surface area (Å²) in [4.78, 5) is 12.4. The van der Waals surface area contributed by atoms with Gasteiger partial charge >= 0.3 is 16.1 Å². The molecule has 10 heteroatoms. The lowest BCUT2D eigenvalue weighted by molar-refractivity contribution is -0.146. The lowest BCUT2D eigenvalue weighted by Crippen LogP contribution is -2.27. The van der Waals surface area contributed by atoms with Crippen molar-refractivity contribution in [1.29, 1.82) is 0 Å². The first-order valence-electron chi connectivity index (χ1n) is 14.6. The molecule has 0 saturated carbocycles. The van der Waals surface area contributed by atoms with E-state index < -0.39 is 33.7 Å². The van der Waals surface area contributed by atoms with E-state index in [0.29, 0.717) is 12.8 Å². The predicted molar refractivity (Wildman–Crippen MR) is 188 cm³/mol. The van der Waals surface area contributed by atoms with E-state index in [1.165, 1.54) is 7.11 Å². The molecule has 9 nitrogen and oxygen atoms in total. The van der Waals surface area contributed by atoms with Crippen molar-refractivity contribution in [3.05, 3.63) is 13.1 Å². The van der Waals surface area contributed by atoms with Crippen LogP contribution in [0.25, 0.3) is 0 Å². The van der Waals surface area contributed by atoms with Gasteiger partial charge in [0.25, 0.3) is 0 Å². The van der Waals surface area contributed by atoms with E-state index in [9.17, 15) is 13.2 Å². The van der Waals surface area contributed by atoms with Crippen LogP contribution >= 0.6 is 0 Å². The second-order valence-electron chi connectivity index (χ2n) is 9.57. The Morgan fingerprint density at radius 3 is 1.57 bits per heavy atom. The second-order valence-corrected chi connectivity index (χ2v) is 11.2. The van der Waals surface area contributed by atoms with Crippen LogP contribution in [-0.2, 0) is 23.9 Å². The maximum atomic E-state index is 12.4. The van der Waals surface area contributed by atoms with Gasteiger partial charge in [0.1, 0.15) is 0 Å². The van der Waals surface area contributed by atoms with Crippen LogP contribution in [0.3, 0.4) is 0 Å². The van der Waals surface area contributed by atoms with Gasteiger partial charge in [-0.25, -0.2) is 4.28 Å². The highest BCUT2D eigenvalue weighted by atomic mass is 32.2. The van der Waals surface area contributed by atoms with Gasteiger partial charge in [-0.2, -0.15) is 8.42 Å². The van der Waals surface area contributed by atoms with E-state index in [0.717, 1.165) is 12.8 Å². The van der Waals surface area contributed by atoms with Crippen molar-refractivity contribution >= 4 is 16.1 Å². The summed E-state index contributed by atoms with van der Waals surface area (Å²) in [6, 6.07) is 2.16. The average molecular weight is 671 g/mol. The van der Waals surface area contributed by atoms with E-state index in [1.807, 2.05) is 0 Å². The molecule has 0 bridgehead atoms. The molecular formula is C39H34N4O5S. The van der Waals surface area contributed by atoms with E-state index in [-0.39, 0.29) is 18.3 Å². The zero-order valence-electron chi connectivity index (χ0n) is 27.7. The molecule has 4 N–H and O–H groups in total. The van der Waals surface area contributed by atoms with Gasteiger partial charge in [0.05, 0.1) is 30.1 Å². The Balaban J connectivity index is 4.86. The first-order valence-corrected chi connectivity index (χ1v) is 16.2. The molecule has 49 heavy (non-hydrogen) atoms. The smallest absolute Gasteiger partial charge is 0.330 e. The summed E-state index contributed by atoms with van der Waals surface area (Å²) in [5.74, 6) is 50.1. The lowest BCUT2D eigenvalue weighted by atomic mass is 9.82. The molecule has 0 aliphatic carbocycles. The maximum absolute atomic E-state index is 12.4.